The van der Waals surface area contributed by atoms with Gasteiger partial charge in [0, 0.05) is 5.41 Å². The molecule has 1 aliphatic carbocycles. The Hall–Kier alpha value is -2.80. The van der Waals surface area contributed by atoms with E-state index < -0.39 is 0 Å². The van der Waals surface area contributed by atoms with Gasteiger partial charge in [-0.3, -0.25) is 0 Å². The van der Waals surface area contributed by atoms with Crippen molar-refractivity contribution in [3.8, 4) is 11.1 Å². The van der Waals surface area contributed by atoms with Crippen molar-refractivity contribution in [2.45, 2.75) is 52.4 Å². The molecule has 0 amide bonds. The monoisotopic (exact) mass is 416 g/mol. The molecule has 4 rings (SSSR count). The van der Waals surface area contributed by atoms with Crippen molar-refractivity contribution >= 4 is 18.9 Å². The first-order chi connectivity index (χ1) is 15.3. The van der Waals surface area contributed by atoms with E-state index in [9.17, 15) is 0 Å². The second kappa shape index (κ2) is 9.37. The Labute approximate surface area is 195 Å². The van der Waals surface area contributed by atoms with Crippen molar-refractivity contribution in [1.82, 2.24) is 0 Å². The quantitative estimate of drug-likeness (QED) is 0.364. The van der Waals surface area contributed by atoms with Crippen LogP contribution >= 0.6 is 0 Å². The van der Waals surface area contributed by atoms with Crippen LogP contribution in [0, 0.1) is 12.8 Å². The highest BCUT2D eigenvalue weighted by Crippen LogP contribution is 2.43. The van der Waals surface area contributed by atoms with Crippen molar-refractivity contribution in [3.63, 3.8) is 0 Å². The van der Waals surface area contributed by atoms with E-state index in [-0.39, 0.29) is 5.41 Å². The van der Waals surface area contributed by atoms with Gasteiger partial charge in [-0.1, -0.05) is 122 Å². The molecular formula is C31H33B. The van der Waals surface area contributed by atoms with Gasteiger partial charge >= 0.3 is 0 Å². The summed E-state index contributed by atoms with van der Waals surface area (Å²) in [6.45, 7) is 9.24. The molecule has 1 heteroatoms. The second-order valence-corrected chi connectivity index (χ2v) is 9.88. The van der Waals surface area contributed by atoms with Gasteiger partial charge in [0.2, 0.25) is 0 Å². The van der Waals surface area contributed by atoms with Gasteiger partial charge in [-0.2, -0.15) is 0 Å². The summed E-state index contributed by atoms with van der Waals surface area (Å²) in [7, 11) is 5.86. The molecule has 0 heterocycles. The van der Waals surface area contributed by atoms with Gasteiger partial charge < -0.3 is 0 Å². The molecule has 3 aromatic carbocycles. The van der Waals surface area contributed by atoms with Gasteiger partial charge in [-0.25, -0.2) is 0 Å². The standard InChI is InChI=1S/C31H33B/c1-22(2)21-31(4,28-15-9-25(10-16-28)24-7-5-23(3)6-8-24)29-17-11-26(12-18-29)27-13-19-30(32)20-14-27/h5-9,11-15,17-20,22H,10,16,21H2,1-4H3. The van der Waals surface area contributed by atoms with Gasteiger partial charge in [0.15, 0.2) is 0 Å². The molecular weight excluding hydrogens is 383 g/mol. The van der Waals surface area contributed by atoms with E-state index in [0.717, 1.165) is 24.7 Å². The Balaban J connectivity index is 1.65. The molecule has 1 atom stereocenters. The van der Waals surface area contributed by atoms with E-state index in [0.29, 0.717) is 5.92 Å². The average molecular weight is 416 g/mol. The lowest BCUT2D eigenvalue weighted by Crippen LogP contribution is -2.27. The zero-order valence-electron chi connectivity index (χ0n) is 19.9. The smallest absolute Gasteiger partial charge is 0.0966 e. The minimum Gasteiger partial charge on any atom is -0.0966 e. The molecule has 3 aromatic rings. The summed E-state index contributed by atoms with van der Waals surface area (Å²) in [6.07, 6.45) is 8.11. The largest absolute Gasteiger partial charge is 0.113 e. The molecule has 0 saturated heterocycles. The fraction of sp³-hybridized carbons (Fsp3) is 0.290. The number of hydrogen-bond acceptors (Lipinski definition) is 0. The van der Waals surface area contributed by atoms with Crippen molar-refractivity contribution in [2.24, 2.45) is 5.92 Å². The molecule has 1 unspecified atom stereocenters. The van der Waals surface area contributed by atoms with Crippen molar-refractivity contribution in [1.29, 1.82) is 0 Å². The molecule has 0 spiro atoms. The van der Waals surface area contributed by atoms with Crippen molar-refractivity contribution in [2.75, 3.05) is 0 Å². The molecule has 0 aliphatic heterocycles. The summed E-state index contributed by atoms with van der Waals surface area (Å²) in [4.78, 5) is 0. The third-order valence-corrected chi connectivity index (χ3v) is 6.86. The number of rotatable bonds is 6. The van der Waals surface area contributed by atoms with E-state index in [1.165, 1.54) is 33.4 Å². The van der Waals surface area contributed by atoms with Gasteiger partial charge in [0.25, 0.3) is 0 Å². The second-order valence-electron chi connectivity index (χ2n) is 9.88. The van der Waals surface area contributed by atoms with E-state index in [4.69, 9.17) is 7.85 Å². The minimum absolute atomic E-state index is 0.0448. The van der Waals surface area contributed by atoms with Crippen LogP contribution in [0.4, 0.5) is 0 Å². The number of allylic oxidation sites excluding steroid dienone is 4. The van der Waals surface area contributed by atoms with Gasteiger partial charge in [0.05, 0.1) is 0 Å². The SMILES string of the molecule is [B]c1ccc(-c2ccc(C(C)(CC(C)C)C3=CC=C(c4ccc(C)cc4)CC3)cc2)cc1. The first-order valence-electron chi connectivity index (χ1n) is 11.8. The molecule has 0 aromatic heterocycles. The summed E-state index contributed by atoms with van der Waals surface area (Å²) in [5.41, 5.74) is 10.3. The number of benzene rings is 3. The fourth-order valence-electron chi connectivity index (χ4n) is 5.06. The molecule has 1 aliphatic rings. The zero-order valence-corrected chi connectivity index (χ0v) is 19.9. The average Bonchev–Trinajstić information content (AvgIpc) is 2.80. The Morgan fingerprint density at radius 1 is 0.750 bits per heavy atom. The lowest BCUT2D eigenvalue weighted by molar-refractivity contribution is 0.410. The molecule has 160 valence electrons. The summed E-state index contributed by atoms with van der Waals surface area (Å²) in [5.74, 6) is 0.625. The summed E-state index contributed by atoms with van der Waals surface area (Å²) in [6, 6.07) is 26.2. The molecule has 32 heavy (non-hydrogen) atoms. The van der Waals surface area contributed by atoms with Gasteiger partial charge in [0.1, 0.15) is 7.85 Å². The zero-order chi connectivity index (χ0) is 22.7. The summed E-state index contributed by atoms with van der Waals surface area (Å²) >= 11 is 0. The van der Waals surface area contributed by atoms with Crippen molar-refractivity contribution < 1.29 is 0 Å². The number of hydrogen-bond donors (Lipinski definition) is 0. The maximum atomic E-state index is 5.86. The van der Waals surface area contributed by atoms with Crippen LogP contribution in [-0.2, 0) is 5.41 Å². The lowest BCUT2D eigenvalue weighted by atomic mass is 9.68. The Bertz CT molecular complexity index is 1110. The summed E-state index contributed by atoms with van der Waals surface area (Å²) in [5, 5.41) is 0. The van der Waals surface area contributed by atoms with Crippen molar-refractivity contribution in [3.05, 3.63) is 107 Å². The van der Waals surface area contributed by atoms with Crippen LogP contribution in [0.3, 0.4) is 0 Å². The Morgan fingerprint density at radius 2 is 1.31 bits per heavy atom. The third-order valence-electron chi connectivity index (χ3n) is 6.86. The highest BCUT2D eigenvalue weighted by atomic mass is 14.4. The maximum Gasteiger partial charge on any atom is 0.113 e. The highest BCUT2D eigenvalue weighted by molar-refractivity contribution is 6.32. The first-order valence-corrected chi connectivity index (χ1v) is 11.8. The van der Waals surface area contributed by atoms with Crippen LogP contribution < -0.4 is 5.46 Å². The predicted octanol–water partition coefficient (Wildman–Crippen LogP) is 7.56. The molecule has 0 fully saturated rings. The van der Waals surface area contributed by atoms with E-state index in [2.05, 4.69) is 101 Å². The van der Waals surface area contributed by atoms with Crippen LogP contribution in [0.25, 0.3) is 16.7 Å². The van der Waals surface area contributed by atoms with Gasteiger partial charge in [-0.15, -0.1) is 0 Å². The van der Waals surface area contributed by atoms with E-state index >= 15 is 0 Å². The highest BCUT2D eigenvalue weighted by Gasteiger charge is 2.32. The van der Waals surface area contributed by atoms with Gasteiger partial charge in [-0.05, 0) is 59.9 Å². The summed E-state index contributed by atoms with van der Waals surface area (Å²) < 4.78 is 0. The fourth-order valence-corrected chi connectivity index (χ4v) is 5.06. The third kappa shape index (κ3) is 4.83. The van der Waals surface area contributed by atoms with Crippen LogP contribution in [-0.4, -0.2) is 7.85 Å². The molecule has 0 bridgehead atoms. The molecule has 0 nitrogen and oxygen atoms in total. The van der Waals surface area contributed by atoms with E-state index in [1.807, 2.05) is 12.1 Å². The first kappa shape index (κ1) is 22.4. The molecule has 0 N–H and O–H groups in total. The Morgan fingerprint density at radius 3 is 1.84 bits per heavy atom. The van der Waals surface area contributed by atoms with Crippen LogP contribution in [0.15, 0.2) is 90.5 Å². The normalized spacial score (nSPS) is 15.8. The van der Waals surface area contributed by atoms with Crippen LogP contribution in [0.1, 0.15) is 56.7 Å². The predicted molar refractivity (Wildman–Crippen MR) is 141 cm³/mol. The number of aryl methyl sites for hydroxylation is 1. The molecule has 2 radical (unpaired) electrons. The molecule has 0 saturated carbocycles. The minimum atomic E-state index is 0.0448. The van der Waals surface area contributed by atoms with Crippen LogP contribution in [0.5, 0.6) is 0 Å². The maximum absolute atomic E-state index is 5.86. The lowest BCUT2D eigenvalue weighted by Gasteiger charge is -2.36. The van der Waals surface area contributed by atoms with E-state index in [1.54, 1.807) is 5.57 Å². The Kier molecular flexibility index (Phi) is 6.56. The van der Waals surface area contributed by atoms with Crippen LogP contribution in [0.2, 0.25) is 0 Å². The topological polar surface area (TPSA) is 0 Å².